The molecule has 1 aromatic heterocycles. The lowest BCUT2D eigenvalue weighted by molar-refractivity contribution is -0.122. The van der Waals surface area contributed by atoms with E-state index in [0.717, 1.165) is 18.8 Å². The topological polar surface area (TPSA) is 71.5 Å². The van der Waals surface area contributed by atoms with Gasteiger partial charge in [-0.05, 0) is 45.0 Å². The molecule has 2 heterocycles. The van der Waals surface area contributed by atoms with Crippen molar-refractivity contribution in [2.75, 3.05) is 19.6 Å². The maximum absolute atomic E-state index is 11.6. The Bertz CT molecular complexity index is 383. The second-order valence-corrected chi connectivity index (χ2v) is 5.16. The van der Waals surface area contributed by atoms with Crippen LogP contribution in [-0.2, 0) is 4.79 Å². The summed E-state index contributed by atoms with van der Waals surface area (Å²) in [5.74, 6) is 0.792. The molecule has 2 unspecified atom stereocenters. The minimum atomic E-state index is -0.474. The molecule has 1 aromatic rings. The van der Waals surface area contributed by atoms with E-state index in [1.165, 1.54) is 19.3 Å². The molecule has 0 saturated carbocycles. The van der Waals surface area contributed by atoms with Gasteiger partial charge in [0.1, 0.15) is 5.76 Å². The summed E-state index contributed by atoms with van der Waals surface area (Å²) in [7, 11) is 0. The van der Waals surface area contributed by atoms with Gasteiger partial charge >= 0.3 is 0 Å². The average molecular weight is 265 g/mol. The summed E-state index contributed by atoms with van der Waals surface area (Å²) in [6.07, 6.45) is 5.38. The van der Waals surface area contributed by atoms with Crippen LogP contribution in [0.5, 0.6) is 0 Å². The quantitative estimate of drug-likeness (QED) is 0.841. The fourth-order valence-electron chi connectivity index (χ4n) is 2.48. The molecule has 1 aliphatic heterocycles. The summed E-state index contributed by atoms with van der Waals surface area (Å²) in [6.45, 7) is 4.35. The highest BCUT2D eigenvalue weighted by atomic mass is 16.3. The monoisotopic (exact) mass is 265 g/mol. The maximum atomic E-state index is 11.6. The summed E-state index contributed by atoms with van der Waals surface area (Å²) < 4.78 is 5.52. The Morgan fingerprint density at radius 3 is 2.79 bits per heavy atom. The predicted octanol–water partition coefficient (Wildman–Crippen LogP) is 1.27. The van der Waals surface area contributed by atoms with Crippen LogP contribution in [0, 0.1) is 0 Å². The number of carbonyl (C=O) groups is 1. The number of rotatable bonds is 5. The minimum Gasteiger partial charge on any atom is -0.468 e. The van der Waals surface area contributed by atoms with Gasteiger partial charge in [-0.15, -0.1) is 0 Å². The van der Waals surface area contributed by atoms with Gasteiger partial charge in [-0.2, -0.15) is 0 Å². The van der Waals surface area contributed by atoms with E-state index in [9.17, 15) is 4.79 Å². The van der Waals surface area contributed by atoms with Gasteiger partial charge in [0.2, 0.25) is 5.91 Å². The molecule has 1 aliphatic rings. The number of amides is 1. The zero-order valence-corrected chi connectivity index (χ0v) is 11.5. The highest BCUT2D eigenvalue weighted by molar-refractivity contribution is 5.80. The van der Waals surface area contributed by atoms with Crippen LogP contribution in [-0.4, -0.2) is 36.5 Å². The Balaban J connectivity index is 2.00. The number of likely N-dealkylation sites (tertiary alicyclic amines) is 1. The Kier molecular flexibility index (Phi) is 4.99. The number of nitrogens with one attached hydrogen (secondary N) is 1. The highest BCUT2D eigenvalue weighted by Crippen LogP contribution is 2.24. The van der Waals surface area contributed by atoms with E-state index in [0.29, 0.717) is 6.54 Å². The summed E-state index contributed by atoms with van der Waals surface area (Å²) in [5.41, 5.74) is 5.57. The van der Waals surface area contributed by atoms with E-state index >= 15 is 0 Å². The molecule has 0 radical (unpaired) electrons. The molecule has 106 valence electrons. The number of nitrogens with zero attached hydrogens (tertiary/aromatic N) is 1. The van der Waals surface area contributed by atoms with Crippen LogP contribution in [0.1, 0.15) is 38.0 Å². The van der Waals surface area contributed by atoms with Crippen molar-refractivity contribution in [3.63, 3.8) is 0 Å². The van der Waals surface area contributed by atoms with Crippen LogP contribution < -0.4 is 11.1 Å². The Hall–Kier alpha value is -1.33. The number of furan rings is 1. The molecule has 1 fully saturated rings. The van der Waals surface area contributed by atoms with Gasteiger partial charge in [-0.3, -0.25) is 9.69 Å². The van der Waals surface area contributed by atoms with Gasteiger partial charge in [0, 0.05) is 6.54 Å². The molecular weight excluding hydrogens is 242 g/mol. The van der Waals surface area contributed by atoms with Crippen LogP contribution in [0.3, 0.4) is 0 Å². The van der Waals surface area contributed by atoms with Gasteiger partial charge in [-0.1, -0.05) is 6.42 Å². The zero-order valence-electron chi connectivity index (χ0n) is 11.5. The number of piperidine rings is 1. The lowest BCUT2D eigenvalue weighted by Crippen LogP contribution is -2.44. The highest BCUT2D eigenvalue weighted by Gasteiger charge is 2.25. The average Bonchev–Trinajstić information content (AvgIpc) is 2.94. The largest absolute Gasteiger partial charge is 0.468 e. The van der Waals surface area contributed by atoms with Crippen LogP contribution in [0.4, 0.5) is 0 Å². The van der Waals surface area contributed by atoms with Crippen LogP contribution in [0.25, 0.3) is 0 Å². The first kappa shape index (κ1) is 14.1. The Morgan fingerprint density at radius 1 is 1.47 bits per heavy atom. The number of carbonyl (C=O) groups excluding carboxylic acids is 1. The summed E-state index contributed by atoms with van der Waals surface area (Å²) in [5, 5.41) is 2.90. The number of nitrogens with two attached hydrogens (primary N) is 1. The summed E-state index contributed by atoms with van der Waals surface area (Å²) in [4.78, 5) is 14.0. The summed E-state index contributed by atoms with van der Waals surface area (Å²) in [6, 6.07) is 3.49. The molecule has 2 rings (SSSR count). The third kappa shape index (κ3) is 3.81. The second kappa shape index (κ2) is 6.73. The van der Waals surface area contributed by atoms with E-state index in [4.69, 9.17) is 10.2 Å². The van der Waals surface area contributed by atoms with Gasteiger partial charge in [0.05, 0.1) is 18.3 Å². The summed E-state index contributed by atoms with van der Waals surface area (Å²) >= 11 is 0. The Labute approximate surface area is 114 Å². The molecule has 19 heavy (non-hydrogen) atoms. The number of hydrogen-bond acceptors (Lipinski definition) is 4. The lowest BCUT2D eigenvalue weighted by Gasteiger charge is -2.33. The van der Waals surface area contributed by atoms with E-state index in [1.807, 2.05) is 12.1 Å². The van der Waals surface area contributed by atoms with Crippen molar-refractivity contribution >= 4 is 5.91 Å². The standard InChI is InChI=1S/C14H23N3O2/c1-11(15)14(18)16-10-12(13-6-5-9-19-13)17-7-3-2-4-8-17/h5-6,9,11-12H,2-4,7-8,10,15H2,1H3,(H,16,18). The van der Waals surface area contributed by atoms with Crippen LogP contribution >= 0.6 is 0 Å². The smallest absolute Gasteiger partial charge is 0.236 e. The van der Waals surface area contributed by atoms with E-state index in [-0.39, 0.29) is 11.9 Å². The van der Waals surface area contributed by atoms with Crippen molar-refractivity contribution in [1.82, 2.24) is 10.2 Å². The van der Waals surface area contributed by atoms with E-state index in [2.05, 4.69) is 10.2 Å². The molecule has 5 heteroatoms. The Morgan fingerprint density at radius 2 is 2.21 bits per heavy atom. The maximum Gasteiger partial charge on any atom is 0.236 e. The molecule has 0 aliphatic carbocycles. The van der Waals surface area contributed by atoms with Crippen molar-refractivity contribution in [2.24, 2.45) is 5.73 Å². The predicted molar refractivity (Wildman–Crippen MR) is 73.5 cm³/mol. The molecule has 0 aromatic carbocycles. The first-order valence-corrected chi connectivity index (χ1v) is 6.99. The fourth-order valence-corrected chi connectivity index (χ4v) is 2.48. The lowest BCUT2D eigenvalue weighted by atomic mass is 10.1. The van der Waals surface area contributed by atoms with E-state index < -0.39 is 6.04 Å². The van der Waals surface area contributed by atoms with Gasteiger partial charge < -0.3 is 15.5 Å². The van der Waals surface area contributed by atoms with Gasteiger partial charge in [0.25, 0.3) is 0 Å². The number of hydrogen-bond donors (Lipinski definition) is 2. The van der Waals surface area contributed by atoms with Crippen LogP contribution in [0.2, 0.25) is 0 Å². The van der Waals surface area contributed by atoms with Crippen molar-refractivity contribution in [1.29, 1.82) is 0 Å². The molecule has 0 spiro atoms. The van der Waals surface area contributed by atoms with Crippen molar-refractivity contribution < 1.29 is 9.21 Å². The molecule has 2 atom stereocenters. The molecular formula is C14H23N3O2. The van der Waals surface area contributed by atoms with Gasteiger partial charge in [0.15, 0.2) is 0 Å². The molecule has 5 nitrogen and oxygen atoms in total. The molecule has 1 amide bonds. The van der Waals surface area contributed by atoms with Crippen molar-refractivity contribution in [3.05, 3.63) is 24.2 Å². The molecule has 1 saturated heterocycles. The van der Waals surface area contributed by atoms with Crippen molar-refractivity contribution in [3.8, 4) is 0 Å². The normalized spacial score (nSPS) is 19.9. The van der Waals surface area contributed by atoms with Crippen LogP contribution in [0.15, 0.2) is 22.8 Å². The molecule has 0 bridgehead atoms. The first-order chi connectivity index (χ1) is 9.18. The third-order valence-electron chi connectivity index (χ3n) is 3.59. The minimum absolute atomic E-state index is 0.109. The van der Waals surface area contributed by atoms with E-state index in [1.54, 1.807) is 13.2 Å². The third-order valence-corrected chi connectivity index (χ3v) is 3.59. The zero-order chi connectivity index (χ0) is 13.7. The first-order valence-electron chi connectivity index (χ1n) is 6.99. The SMILES string of the molecule is CC(N)C(=O)NCC(c1ccco1)N1CCCCC1. The van der Waals surface area contributed by atoms with Crippen molar-refractivity contribution in [2.45, 2.75) is 38.3 Å². The fraction of sp³-hybridized carbons (Fsp3) is 0.643. The molecule has 3 N–H and O–H groups in total. The van der Waals surface area contributed by atoms with Gasteiger partial charge in [-0.25, -0.2) is 0 Å². The second-order valence-electron chi connectivity index (χ2n) is 5.16.